The number of hydrogen-bond acceptors (Lipinski definition) is 4. The fourth-order valence-electron chi connectivity index (χ4n) is 6.44. The van der Waals surface area contributed by atoms with E-state index in [1.165, 1.54) is 6.07 Å². The Morgan fingerprint density at radius 2 is 1.83 bits per heavy atom. The summed E-state index contributed by atoms with van der Waals surface area (Å²) >= 11 is 1.98. The molecule has 10 heteroatoms. The van der Waals surface area contributed by atoms with Gasteiger partial charge in [-0.2, -0.15) is 17.4 Å². The summed E-state index contributed by atoms with van der Waals surface area (Å²) in [6, 6.07) is 2.76. The van der Waals surface area contributed by atoms with Crippen molar-refractivity contribution in [3.63, 3.8) is 0 Å². The van der Waals surface area contributed by atoms with Crippen molar-refractivity contribution in [1.82, 2.24) is 4.98 Å². The number of ether oxygens (including phenoxy) is 2. The van der Waals surface area contributed by atoms with E-state index in [1.54, 1.807) is 0 Å². The number of nitrogens with zero attached hydrogens (tertiary/aromatic N) is 1. The number of hydrogen-bond donors (Lipinski definition) is 0. The minimum atomic E-state index is -4.64. The second-order valence-electron chi connectivity index (χ2n) is 13.9. The molecule has 1 aromatic heterocycles. The number of benzene rings is 1. The van der Waals surface area contributed by atoms with Gasteiger partial charge in [-0.3, -0.25) is 4.98 Å². The molecule has 1 aromatic carbocycles. The third-order valence-corrected chi connectivity index (χ3v) is 12.4. The lowest BCUT2D eigenvalue weighted by Crippen LogP contribution is -2.45. The van der Waals surface area contributed by atoms with Crippen molar-refractivity contribution >= 4 is 33.8 Å². The molecule has 1 saturated heterocycles. The minimum Gasteiger partial charge on any atom is -0.380 e. The summed E-state index contributed by atoms with van der Waals surface area (Å²) in [5.74, 6) is -0.950. The molecule has 0 saturated carbocycles. The molecule has 3 heterocycles. The van der Waals surface area contributed by atoms with Crippen LogP contribution in [0.2, 0.25) is 0 Å². The third kappa shape index (κ3) is 5.76. The molecular weight excluding hydrogens is 681 g/mol. The molecule has 1 spiro atoms. The van der Waals surface area contributed by atoms with Crippen LogP contribution in [0.4, 0.5) is 17.6 Å². The zero-order valence-electron chi connectivity index (χ0n) is 25.5. The van der Waals surface area contributed by atoms with Crippen molar-refractivity contribution < 1.29 is 31.2 Å². The van der Waals surface area contributed by atoms with Gasteiger partial charge in [0, 0.05) is 46.7 Å². The van der Waals surface area contributed by atoms with Gasteiger partial charge in [-0.25, -0.2) is 4.39 Å². The summed E-state index contributed by atoms with van der Waals surface area (Å²) in [5, 5.41) is 0. The SMILES string of the molecule is CC(C)c1nc2c(c3c1[C@@H](c1ccc(C(F)(F)F)cc1F)OC31CCOCC1I)C(O[S+](C)C(C)(C)C)CC(C)(C)C2. The maximum atomic E-state index is 15.7. The van der Waals surface area contributed by atoms with E-state index in [-0.39, 0.29) is 42.8 Å². The van der Waals surface area contributed by atoms with Gasteiger partial charge >= 0.3 is 6.18 Å². The lowest BCUT2D eigenvalue weighted by molar-refractivity contribution is -0.138. The first-order chi connectivity index (χ1) is 19.4. The van der Waals surface area contributed by atoms with Crippen LogP contribution in [0.1, 0.15) is 119 Å². The van der Waals surface area contributed by atoms with Gasteiger partial charge in [0.25, 0.3) is 0 Å². The third-order valence-electron chi connectivity index (χ3n) is 8.77. The first-order valence-corrected chi connectivity index (χ1v) is 17.3. The van der Waals surface area contributed by atoms with Gasteiger partial charge in [0.1, 0.15) is 41.1 Å². The van der Waals surface area contributed by atoms with Gasteiger partial charge in [-0.05, 0) is 57.1 Å². The number of alkyl halides is 4. The smallest absolute Gasteiger partial charge is 0.380 e. The van der Waals surface area contributed by atoms with Crippen molar-refractivity contribution in [2.75, 3.05) is 19.5 Å². The van der Waals surface area contributed by atoms with Crippen molar-refractivity contribution in [2.45, 2.75) is 106 Å². The van der Waals surface area contributed by atoms with Crippen LogP contribution in [0, 0.1) is 11.2 Å². The van der Waals surface area contributed by atoms with Crippen LogP contribution in [0.5, 0.6) is 0 Å². The second kappa shape index (κ2) is 11.1. The Hall–Kier alpha value is -0.950. The molecule has 232 valence electrons. The normalized spacial score (nSPS) is 28.2. The van der Waals surface area contributed by atoms with Gasteiger partial charge in [0.2, 0.25) is 0 Å². The van der Waals surface area contributed by atoms with Crippen molar-refractivity contribution in [2.24, 2.45) is 5.41 Å². The predicted octanol–water partition coefficient (Wildman–Crippen LogP) is 8.89. The molecule has 0 radical (unpaired) electrons. The molecule has 2 aromatic rings. The standard InChI is InChI=1S/C32H41F4INO3S/c1-17(2)27-25-26(24-21(38-27)14-30(6,7)15-22(24)41-42(8)29(3,4)5)31(11-12-39-16-23(31)37)40-28(25)19-10-9-18(13-20(19)33)32(34,35)36/h9-10,13,17,22-23,28H,11-12,14-16H2,1-8H3/q+1/t22?,23?,28-,31?,42?/m1/s1. The van der Waals surface area contributed by atoms with Crippen LogP contribution >= 0.6 is 22.6 Å². The lowest BCUT2D eigenvalue weighted by Gasteiger charge is -2.43. The molecule has 3 aliphatic rings. The molecule has 0 amide bonds. The van der Waals surface area contributed by atoms with Crippen LogP contribution in [-0.4, -0.2) is 33.1 Å². The Morgan fingerprint density at radius 1 is 1.14 bits per heavy atom. The molecule has 5 atom stereocenters. The van der Waals surface area contributed by atoms with Gasteiger partial charge in [-0.1, -0.05) is 56.4 Å². The summed E-state index contributed by atoms with van der Waals surface area (Å²) in [4.78, 5) is 5.27. The van der Waals surface area contributed by atoms with Crippen LogP contribution in [0.25, 0.3) is 0 Å². The van der Waals surface area contributed by atoms with Crippen LogP contribution in [0.15, 0.2) is 18.2 Å². The molecular formula is C32H41F4INO3S+. The van der Waals surface area contributed by atoms with Gasteiger partial charge in [0.15, 0.2) is 4.75 Å². The van der Waals surface area contributed by atoms with Crippen LogP contribution < -0.4 is 0 Å². The first-order valence-electron chi connectivity index (χ1n) is 14.5. The number of pyridine rings is 1. The van der Waals surface area contributed by atoms with Crippen molar-refractivity contribution in [3.8, 4) is 0 Å². The van der Waals surface area contributed by atoms with Gasteiger partial charge < -0.3 is 9.47 Å². The van der Waals surface area contributed by atoms with Crippen molar-refractivity contribution in [3.05, 3.63) is 63.2 Å². The summed E-state index contributed by atoms with van der Waals surface area (Å²) in [7, 11) is 0. The Balaban J connectivity index is 1.80. The van der Waals surface area contributed by atoms with E-state index >= 15 is 4.39 Å². The minimum absolute atomic E-state index is 0.0184. The van der Waals surface area contributed by atoms with E-state index in [0.29, 0.717) is 25.7 Å². The Labute approximate surface area is 263 Å². The van der Waals surface area contributed by atoms with Crippen molar-refractivity contribution in [1.29, 1.82) is 0 Å². The average Bonchev–Trinajstić information content (AvgIpc) is 3.18. The fourth-order valence-corrected chi connectivity index (χ4v) is 8.26. The van der Waals surface area contributed by atoms with E-state index in [1.807, 2.05) is 0 Å². The summed E-state index contributed by atoms with van der Waals surface area (Å²) in [6.45, 7) is 16.0. The van der Waals surface area contributed by atoms with Gasteiger partial charge in [0.05, 0.1) is 16.1 Å². The van der Waals surface area contributed by atoms with E-state index < -0.39 is 29.3 Å². The second-order valence-corrected chi connectivity index (χ2v) is 17.7. The molecule has 0 bridgehead atoms. The largest absolute Gasteiger partial charge is 0.416 e. The lowest BCUT2D eigenvalue weighted by atomic mass is 9.70. The molecule has 5 rings (SSSR count). The zero-order valence-corrected chi connectivity index (χ0v) is 28.5. The highest BCUT2D eigenvalue weighted by molar-refractivity contribution is 14.1. The molecule has 0 N–H and O–H groups in total. The predicted molar refractivity (Wildman–Crippen MR) is 167 cm³/mol. The molecule has 4 nitrogen and oxygen atoms in total. The molecule has 1 fully saturated rings. The number of aromatic nitrogens is 1. The molecule has 1 aliphatic carbocycles. The number of halogens is 5. The molecule has 42 heavy (non-hydrogen) atoms. The monoisotopic (exact) mass is 722 g/mol. The summed E-state index contributed by atoms with van der Waals surface area (Å²) in [6.07, 6.45) is -1.56. The maximum Gasteiger partial charge on any atom is 0.416 e. The van der Waals surface area contributed by atoms with E-state index in [4.69, 9.17) is 18.6 Å². The Morgan fingerprint density at radius 3 is 2.40 bits per heavy atom. The maximum absolute atomic E-state index is 15.7. The zero-order chi connectivity index (χ0) is 31.0. The first kappa shape index (κ1) is 32.4. The number of fused-ring (bicyclic) bond motifs is 4. The van der Waals surface area contributed by atoms with E-state index in [9.17, 15) is 13.2 Å². The summed E-state index contributed by atoms with van der Waals surface area (Å²) < 4.78 is 75.7. The van der Waals surface area contributed by atoms with E-state index in [2.05, 4.69) is 77.3 Å². The average molecular weight is 723 g/mol. The van der Waals surface area contributed by atoms with Crippen LogP contribution in [-0.2, 0) is 43.0 Å². The quantitative estimate of drug-likeness (QED) is 0.137. The number of rotatable bonds is 4. The summed E-state index contributed by atoms with van der Waals surface area (Å²) in [5.41, 5.74) is 2.80. The Kier molecular flexibility index (Phi) is 8.60. The van der Waals surface area contributed by atoms with E-state index in [0.717, 1.165) is 47.0 Å². The topological polar surface area (TPSA) is 40.6 Å². The molecule has 4 unspecified atom stereocenters. The Bertz CT molecular complexity index is 1360. The molecule has 2 aliphatic heterocycles. The van der Waals surface area contributed by atoms with Crippen LogP contribution in [0.3, 0.4) is 0 Å². The highest BCUT2D eigenvalue weighted by Gasteiger charge is 2.57. The fraction of sp³-hybridized carbons (Fsp3) is 0.656. The highest BCUT2D eigenvalue weighted by Crippen LogP contribution is 2.60. The highest BCUT2D eigenvalue weighted by atomic mass is 127. The van der Waals surface area contributed by atoms with Gasteiger partial charge in [-0.15, -0.1) is 0 Å².